The van der Waals surface area contributed by atoms with Crippen LogP contribution in [0.2, 0.25) is 0 Å². The van der Waals surface area contributed by atoms with E-state index in [1.165, 1.54) is 6.92 Å². The number of anilines is 2. The molecule has 0 fully saturated rings. The fraction of sp³-hybridized carbons (Fsp3) is 0.318. The SMILES string of the molecule is CNCCN(C)C(=O)c1ccc2c(c1)NC(=O)CC(c1ccccc1)N2C(C)=O. The van der Waals surface area contributed by atoms with Crippen LogP contribution in [0.4, 0.5) is 11.4 Å². The summed E-state index contributed by atoms with van der Waals surface area (Å²) in [5.41, 5.74) is 2.41. The molecule has 2 aromatic rings. The van der Waals surface area contributed by atoms with Crippen molar-refractivity contribution in [3.05, 3.63) is 59.7 Å². The zero-order valence-corrected chi connectivity index (χ0v) is 16.9. The second-order valence-corrected chi connectivity index (χ2v) is 7.13. The van der Waals surface area contributed by atoms with Crippen LogP contribution < -0.4 is 15.5 Å². The number of carbonyl (C=O) groups is 3. The number of benzene rings is 2. The summed E-state index contributed by atoms with van der Waals surface area (Å²) in [6, 6.07) is 14.2. The van der Waals surface area contributed by atoms with Crippen molar-refractivity contribution in [1.29, 1.82) is 0 Å². The molecule has 7 nitrogen and oxygen atoms in total. The van der Waals surface area contributed by atoms with Gasteiger partial charge in [0.2, 0.25) is 11.8 Å². The lowest BCUT2D eigenvalue weighted by atomic mass is 10.0. The molecule has 1 unspecified atom stereocenters. The van der Waals surface area contributed by atoms with E-state index < -0.39 is 6.04 Å². The van der Waals surface area contributed by atoms with Gasteiger partial charge < -0.3 is 20.4 Å². The van der Waals surface area contributed by atoms with Gasteiger partial charge in [-0.1, -0.05) is 30.3 Å². The summed E-state index contributed by atoms with van der Waals surface area (Å²) in [6.07, 6.45) is 0.142. The Balaban J connectivity index is 2.00. The van der Waals surface area contributed by atoms with Gasteiger partial charge in [0.15, 0.2) is 0 Å². The van der Waals surface area contributed by atoms with E-state index in [2.05, 4.69) is 10.6 Å². The highest BCUT2D eigenvalue weighted by atomic mass is 16.2. The molecule has 1 aliphatic heterocycles. The summed E-state index contributed by atoms with van der Waals surface area (Å²) < 4.78 is 0. The number of nitrogens with one attached hydrogen (secondary N) is 2. The molecule has 7 heteroatoms. The van der Waals surface area contributed by atoms with Gasteiger partial charge in [-0.2, -0.15) is 0 Å². The minimum Gasteiger partial charge on any atom is -0.340 e. The van der Waals surface area contributed by atoms with Gasteiger partial charge in [-0.15, -0.1) is 0 Å². The fourth-order valence-electron chi connectivity index (χ4n) is 3.55. The summed E-state index contributed by atoms with van der Waals surface area (Å²) >= 11 is 0. The van der Waals surface area contributed by atoms with Crippen LogP contribution in [-0.4, -0.2) is 49.8 Å². The molecule has 2 aromatic carbocycles. The molecule has 3 rings (SSSR count). The van der Waals surface area contributed by atoms with E-state index >= 15 is 0 Å². The van der Waals surface area contributed by atoms with Gasteiger partial charge in [0.05, 0.1) is 23.8 Å². The average Bonchev–Trinajstić information content (AvgIpc) is 2.87. The van der Waals surface area contributed by atoms with Crippen LogP contribution in [0.15, 0.2) is 48.5 Å². The maximum Gasteiger partial charge on any atom is 0.253 e. The molecule has 0 radical (unpaired) electrons. The fourth-order valence-corrected chi connectivity index (χ4v) is 3.55. The van der Waals surface area contributed by atoms with Crippen LogP contribution in [0.3, 0.4) is 0 Å². The molecule has 0 aromatic heterocycles. The second kappa shape index (κ2) is 8.87. The lowest BCUT2D eigenvalue weighted by molar-refractivity contribution is -0.118. The normalized spacial score (nSPS) is 15.9. The highest BCUT2D eigenvalue weighted by molar-refractivity contribution is 6.06. The summed E-state index contributed by atoms with van der Waals surface area (Å²) in [4.78, 5) is 41.1. The summed E-state index contributed by atoms with van der Waals surface area (Å²) in [6.45, 7) is 2.73. The van der Waals surface area contributed by atoms with Gasteiger partial charge in [0.25, 0.3) is 5.91 Å². The van der Waals surface area contributed by atoms with Crippen LogP contribution >= 0.6 is 0 Å². The first-order chi connectivity index (χ1) is 13.9. The first-order valence-electron chi connectivity index (χ1n) is 9.61. The molecule has 1 heterocycles. The monoisotopic (exact) mass is 394 g/mol. The predicted octanol–water partition coefficient (Wildman–Crippen LogP) is 2.41. The van der Waals surface area contributed by atoms with Crippen LogP contribution in [0.25, 0.3) is 0 Å². The first-order valence-corrected chi connectivity index (χ1v) is 9.61. The van der Waals surface area contributed by atoms with E-state index in [1.807, 2.05) is 37.4 Å². The Bertz CT molecular complexity index is 914. The quantitative estimate of drug-likeness (QED) is 0.816. The minimum atomic E-state index is -0.408. The van der Waals surface area contributed by atoms with Gasteiger partial charge in [-0.05, 0) is 30.8 Å². The third-order valence-electron chi connectivity index (χ3n) is 5.04. The van der Waals surface area contributed by atoms with Crippen LogP contribution in [0.1, 0.15) is 35.3 Å². The molecule has 0 aliphatic carbocycles. The maximum atomic E-state index is 12.7. The minimum absolute atomic E-state index is 0.142. The lowest BCUT2D eigenvalue weighted by Gasteiger charge is -2.30. The number of hydrogen-bond donors (Lipinski definition) is 2. The van der Waals surface area contributed by atoms with Gasteiger partial charge >= 0.3 is 0 Å². The summed E-state index contributed by atoms with van der Waals surface area (Å²) in [7, 11) is 3.56. The van der Waals surface area contributed by atoms with Crippen molar-refractivity contribution in [1.82, 2.24) is 10.2 Å². The van der Waals surface area contributed by atoms with Crippen LogP contribution in [0.5, 0.6) is 0 Å². The number of amides is 3. The van der Waals surface area contributed by atoms with Crippen molar-refractivity contribution in [3.63, 3.8) is 0 Å². The third-order valence-corrected chi connectivity index (χ3v) is 5.04. The Morgan fingerprint density at radius 3 is 2.59 bits per heavy atom. The van der Waals surface area contributed by atoms with Crippen LogP contribution in [0, 0.1) is 0 Å². The predicted molar refractivity (Wildman–Crippen MR) is 113 cm³/mol. The van der Waals surface area contributed by atoms with E-state index in [4.69, 9.17) is 0 Å². The Kier molecular flexibility index (Phi) is 6.29. The standard InChI is InChI=1S/C22H26N4O3/c1-15(27)26-19-10-9-17(22(29)25(3)12-11-23-2)13-18(19)24-21(28)14-20(26)16-7-5-4-6-8-16/h4-10,13,20,23H,11-12,14H2,1-3H3,(H,24,28). The molecule has 1 aliphatic rings. The Morgan fingerprint density at radius 2 is 1.93 bits per heavy atom. The smallest absolute Gasteiger partial charge is 0.253 e. The lowest BCUT2D eigenvalue weighted by Crippen LogP contribution is -2.34. The zero-order valence-electron chi connectivity index (χ0n) is 16.9. The van der Waals surface area contributed by atoms with Crippen molar-refractivity contribution in [2.45, 2.75) is 19.4 Å². The molecule has 3 amide bonds. The number of fused-ring (bicyclic) bond motifs is 1. The van der Waals surface area contributed by atoms with Crippen molar-refractivity contribution in [2.75, 3.05) is 37.4 Å². The van der Waals surface area contributed by atoms with Crippen molar-refractivity contribution in [3.8, 4) is 0 Å². The number of hydrogen-bond acceptors (Lipinski definition) is 4. The van der Waals surface area contributed by atoms with Crippen molar-refractivity contribution in [2.24, 2.45) is 0 Å². The summed E-state index contributed by atoms with van der Waals surface area (Å²) in [5.74, 6) is -0.505. The van der Waals surface area contributed by atoms with E-state index in [0.717, 1.165) is 5.56 Å². The van der Waals surface area contributed by atoms with Gasteiger partial charge in [0.1, 0.15) is 0 Å². The van der Waals surface area contributed by atoms with E-state index in [0.29, 0.717) is 30.0 Å². The van der Waals surface area contributed by atoms with Crippen molar-refractivity contribution < 1.29 is 14.4 Å². The molecule has 0 saturated carbocycles. The molecule has 1 atom stereocenters. The highest BCUT2D eigenvalue weighted by Gasteiger charge is 2.32. The third kappa shape index (κ3) is 4.46. The Hall–Kier alpha value is -3.19. The van der Waals surface area contributed by atoms with Gasteiger partial charge in [0, 0.05) is 32.6 Å². The zero-order chi connectivity index (χ0) is 21.0. The van der Waals surface area contributed by atoms with E-state index in [-0.39, 0.29) is 24.1 Å². The average molecular weight is 394 g/mol. The van der Waals surface area contributed by atoms with Gasteiger partial charge in [-0.25, -0.2) is 0 Å². The maximum absolute atomic E-state index is 12.7. The van der Waals surface area contributed by atoms with E-state index in [9.17, 15) is 14.4 Å². The molecular weight excluding hydrogens is 368 g/mol. The van der Waals surface area contributed by atoms with Crippen LogP contribution in [-0.2, 0) is 9.59 Å². The van der Waals surface area contributed by atoms with Gasteiger partial charge in [-0.3, -0.25) is 14.4 Å². The Morgan fingerprint density at radius 1 is 1.21 bits per heavy atom. The molecule has 0 saturated heterocycles. The number of rotatable bonds is 5. The van der Waals surface area contributed by atoms with Crippen molar-refractivity contribution >= 4 is 29.1 Å². The largest absolute Gasteiger partial charge is 0.340 e. The molecule has 0 spiro atoms. The highest BCUT2D eigenvalue weighted by Crippen LogP contribution is 2.38. The van der Waals surface area contributed by atoms with E-state index in [1.54, 1.807) is 35.0 Å². The first kappa shape index (κ1) is 20.5. The molecule has 0 bridgehead atoms. The molecular formula is C22H26N4O3. The molecule has 29 heavy (non-hydrogen) atoms. The number of likely N-dealkylation sites (N-methyl/N-ethyl adjacent to an activating group) is 2. The number of carbonyl (C=O) groups excluding carboxylic acids is 3. The molecule has 2 N–H and O–H groups in total. The summed E-state index contributed by atoms with van der Waals surface area (Å²) in [5, 5.41) is 5.88. The topological polar surface area (TPSA) is 81.8 Å². The number of nitrogens with zero attached hydrogens (tertiary/aromatic N) is 2. The second-order valence-electron chi connectivity index (χ2n) is 7.13. The Labute approximate surface area is 170 Å². The molecule has 152 valence electrons.